The predicted octanol–water partition coefficient (Wildman–Crippen LogP) is -2.24. The third-order valence-corrected chi connectivity index (χ3v) is 7.18. The van der Waals surface area contributed by atoms with Gasteiger partial charge in [-0.25, -0.2) is 4.98 Å². The number of aliphatic carboxylic acids is 1. The van der Waals surface area contributed by atoms with E-state index < -0.39 is 84.2 Å². The Morgan fingerprint density at radius 2 is 1.41 bits per heavy atom. The molecule has 1 aromatic rings. The van der Waals surface area contributed by atoms with Crippen LogP contribution in [0.4, 0.5) is 0 Å². The van der Waals surface area contributed by atoms with Gasteiger partial charge >= 0.3 is 5.97 Å². The summed E-state index contributed by atoms with van der Waals surface area (Å²) in [5.74, 6) is -4.70. The number of carbonyl (C=O) groups is 7. The van der Waals surface area contributed by atoms with Crippen LogP contribution in [0.15, 0.2) is 12.5 Å². The molecule has 6 atom stereocenters. The molecule has 10 N–H and O–H groups in total. The second-order valence-electron chi connectivity index (χ2n) is 11.2. The summed E-state index contributed by atoms with van der Waals surface area (Å²) in [5, 5.41) is 23.9. The zero-order valence-electron chi connectivity index (χ0n) is 27.0. The number of aromatic amines is 1. The van der Waals surface area contributed by atoms with Crippen molar-refractivity contribution in [2.75, 3.05) is 18.6 Å². The van der Waals surface area contributed by atoms with E-state index in [1.165, 1.54) is 45.1 Å². The van der Waals surface area contributed by atoms with Gasteiger partial charge in [0.15, 0.2) is 0 Å². The second-order valence-corrected chi connectivity index (χ2v) is 12.2. The Kier molecular flexibility index (Phi) is 17.4. The van der Waals surface area contributed by atoms with E-state index >= 15 is 0 Å². The molecule has 0 aromatic carbocycles. The highest BCUT2D eigenvalue weighted by Crippen LogP contribution is 2.09. The highest BCUT2D eigenvalue weighted by atomic mass is 32.2. The van der Waals surface area contributed by atoms with Gasteiger partial charge in [-0.1, -0.05) is 13.8 Å². The average Bonchev–Trinajstić information content (AvgIpc) is 3.49. The van der Waals surface area contributed by atoms with Gasteiger partial charge in [-0.2, -0.15) is 11.8 Å². The number of imidazole rings is 1. The monoisotopic (exact) mass is 669 g/mol. The molecule has 0 bridgehead atoms. The van der Waals surface area contributed by atoms with Gasteiger partial charge < -0.3 is 47.7 Å². The molecule has 0 unspecified atom stereocenters. The molecule has 0 spiro atoms. The number of carboxylic acid groups (broad SMARTS) is 1. The molecular weight excluding hydrogens is 622 g/mol. The molecule has 17 nitrogen and oxygen atoms in total. The standard InChI is InChI=1S/C28H47N9O8S/c1-14(2)9-20(36-23(39)15(3)29)26(42)37-21(10-18-11-30-13-32-18)27(43)35-19(7-8-46-6)25(41)34-16(4)24(40)31-12-22(38)33-17(5)28(44)45/h11,13-17,19-21H,7-10,12,29H2,1-6H3,(H,30,32)(H,31,40)(H,33,38)(H,34,41)(H,35,43)(H,36,39)(H,37,42)(H,44,45)/t15-,16-,17-,19-,20-,21-/m0/s1. The molecule has 0 saturated heterocycles. The summed E-state index contributed by atoms with van der Waals surface area (Å²) in [7, 11) is 0. The topological polar surface area (TPSA) is 267 Å². The van der Waals surface area contributed by atoms with Crippen molar-refractivity contribution in [3.05, 3.63) is 18.2 Å². The minimum atomic E-state index is -1.24. The molecule has 0 aliphatic rings. The van der Waals surface area contributed by atoms with Crippen molar-refractivity contribution >= 4 is 53.2 Å². The summed E-state index contributed by atoms with van der Waals surface area (Å²) < 4.78 is 0. The molecule has 258 valence electrons. The first-order valence-electron chi connectivity index (χ1n) is 14.8. The summed E-state index contributed by atoms with van der Waals surface area (Å²) in [5.41, 5.74) is 6.19. The van der Waals surface area contributed by atoms with E-state index in [1.807, 2.05) is 20.1 Å². The van der Waals surface area contributed by atoms with Crippen molar-refractivity contribution in [3.63, 3.8) is 0 Å². The first-order chi connectivity index (χ1) is 21.5. The number of thioether (sulfide) groups is 1. The van der Waals surface area contributed by atoms with Gasteiger partial charge in [0.05, 0.1) is 18.9 Å². The summed E-state index contributed by atoms with van der Waals surface area (Å²) in [4.78, 5) is 94.5. The Labute approximate surface area is 272 Å². The number of hydrogen-bond acceptors (Lipinski definition) is 10. The molecule has 18 heteroatoms. The quantitative estimate of drug-likeness (QED) is 0.0717. The maximum Gasteiger partial charge on any atom is 0.325 e. The summed E-state index contributed by atoms with van der Waals surface area (Å²) in [6.07, 6.45) is 5.17. The SMILES string of the molecule is CSCC[C@H](NC(=O)[C@H](Cc1cnc[nH]1)NC(=O)[C@H](CC(C)C)NC(=O)[C@H](C)N)C(=O)N[C@@H](C)C(=O)NCC(=O)N[C@@H](C)C(=O)O. The minimum absolute atomic E-state index is 0.00849. The van der Waals surface area contributed by atoms with Crippen molar-refractivity contribution < 1.29 is 38.7 Å². The number of nitrogens with one attached hydrogen (secondary N) is 7. The maximum atomic E-state index is 13.6. The molecule has 46 heavy (non-hydrogen) atoms. The molecule has 6 amide bonds. The van der Waals surface area contributed by atoms with E-state index in [0.29, 0.717) is 11.4 Å². The number of nitrogens with zero attached hydrogens (tertiary/aromatic N) is 1. The normalized spacial score (nSPS) is 14.9. The van der Waals surface area contributed by atoms with Crippen LogP contribution in [-0.2, 0) is 40.0 Å². The van der Waals surface area contributed by atoms with Gasteiger partial charge in [0.2, 0.25) is 35.4 Å². The predicted molar refractivity (Wildman–Crippen MR) is 170 cm³/mol. The van der Waals surface area contributed by atoms with Gasteiger partial charge in [-0.05, 0) is 51.5 Å². The van der Waals surface area contributed by atoms with Crippen LogP contribution in [-0.4, -0.2) is 111 Å². The zero-order chi connectivity index (χ0) is 35.0. The van der Waals surface area contributed by atoms with Gasteiger partial charge in [-0.15, -0.1) is 0 Å². The van der Waals surface area contributed by atoms with E-state index in [2.05, 4.69) is 41.9 Å². The fraction of sp³-hybridized carbons (Fsp3) is 0.643. The molecule has 1 rings (SSSR count). The average molecular weight is 670 g/mol. The Hall–Kier alpha value is -4.19. The molecule has 0 aliphatic carbocycles. The summed E-state index contributed by atoms with van der Waals surface area (Å²) >= 11 is 1.43. The van der Waals surface area contributed by atoms with Crippen molar-refractivity contribution in [1.82, 2.24) is 41.9 Å². The summed E-state index contributed by atoms with van der Waals surface area (Å²) in [6, 6.07) is -6.37. The highest BCUT2D eigenvalue weighted by molar-refractivity contribution is 7.98. The van der Waals surface area contributed by atoms with Gasteiger partial charge in [0.25, 0.3) is 0 Å². The Morgan fingerprint density at radius 3 is 1.96 bits per heavy atom. The number of rotatable bonds is 20. The number of carboxylic acids is 1. The first kappa shape index (κ1) is 39.8. The minimum Gasteiger partial charge on any atom is -0.480 e. The van der Waals surface area contributed by atoms with Crippen LogP contribution in [0.3, 0.4) is 0 Å². The third kappa shape index (κ3) is 14.7. The van der Waals surface area contributed by atoms with E-state index in [1.54, 1.807) is 0 Å². The van der Waals surface area contributed by atoms with Crippen LogP contribution in [0.2, 0.25) is 0 Å². The molecule has 0 fully saturated rings. The van der Waals surface area contributed by atoms with E-state index in [0.717, 1.165) is 0 Å². The molecule has 0 radical (unpaired) electrons. The maximum absolute atomic E-state index is 13.6. The second kappa shape index (κ2) is 20.0. The van der Waals surface area contributed by atoms with Crippen molar-refractivity contribution in [3.8, 4) is 0 Å². The van der Waals surface area contributed by atoms with Crippen LogP contribution in [0.5, 0.6) is 0 Å². The van der Waals surface area contributed by atoms with E-state index in [9.17, 15) is 33.6 Å². The van der Waals surface area contributed by atoms with Crippen LogP contribution in [0.25, 0.3) is 0 Å². The zero-order valence-corrected chi connectivity index (χ0v) is 27.8. The van der Waals surface area contributed by atoms with E-state index in [4.69, 9.17) is 10.8 Å². The van der Waals surface area contributed by atoms with Gasteiger partial charge in [0.1, 0.15) is 30.2 Å². The smallest absolute Gasteiger partial charge is 0.325 e. The number of hydrogen-bond donors (Lipinski definition) is 9. The lowest BCUT2D eigenvalue weighted by molar-refractivity contribution is -0.141. The largest absolute Gasteiger partial charge is 0.480 e. The van der Waals surface area contributed by atoms with Crippen molar-refractivity contribution in [1.29, 1.82) is 0 Å². The van der Waals surface area contributed by atoms with E-state index in [-0.39, 0.29) is 25.2 Å². The van der Waals surface area contributed by atoms with Crippen LogP contribution in [0.1, 0.15) is 53.2 Å². The molecule has 1 aromatic heterocycles. The fourth-order valence-corrected chi connectivity index (χ4v) is 4.41. The fourth-order valence-electron chi connectivity index (χ4n) is 3.93. The number of amides is 6. The lowest BCUT2D eigenvalue weighted by atomic mass is 10.0. The number of H-pyrrole nitrogens is 1. The lowest BCUT2D eigenvalue weighted by Gasteiger charge is -2.26. The van der Waals surface area contributed by atoms with Crippen molar-refractivity contribution in [2.45, 2.75) is 90.1 Å². The number of nitrogens with two attached hydrogens (primary N) is 1. The summed E-state index contributed by atoms with van der Waals surface area (Å²) in [6.45, 7) is 7.36. The third-order valence-electron chi connectivity index (χ3n) is 6.53. The van der Waals surface area contributed by atoms with Crippen LogP contribution < -0.4 is 37.6 Å². The Morgan fingerprint density at radius 1 is 0.826 bits per heavy atom. The van der Waals surface area contributed by atoms with Crippen LogP contribution in [0, 0.1) is 5.92 Å². The first-order valence-corrected chi connectivity index (χ1v) is 16.2. The lowest BCUT2D eigenvalue weighted by Crippen LogP contribution is -2.59. The van der Waals surface area contributed by atoms with Crippen LogP contribution >= 0.6 is 11.8 Å². The Bertz CT molecular complexity index is 1200. The van der Waals surface area contributed by atoms with Gasteiger partial charge in [0, 0.05) is 18.3 Å². The molecule has 1 heterocycles. The number of carbonyl (C=O) groups excluding carboxylic acids is 6. The molecule has 0 saturated carbocycles. The van der Waals surface area contributed by atoms with Gasteiger partial charge in [-0.3, -0.25) is 33.6 Å². The molecular formula is C28H47N9O8S. The Balaban J connectivity index is 3.04. The number of aromatic nitrogens is 2. The molecule has 0 aliphatic heterocycles. The van der Waals surface area contributed by atoms with Crippen molar-refractivity contribution in [2.24, 2.45) is 11.7 Å². The highest BCUT2D eigenvalue weighted by Gasteiger charge is 2.31.